The topological polar surface area (TPSA) is 69.2 Å². The third-order valence-electron chi connectivity index (χ3n) is 6.00. The summed E-state index contributed by atoms with van der Waals surface area (Å²) in [5.74, 6) is 0. The Hall–Kier alpha value is -3.30. The molecule has 0 aliphatic heterocycles. The number of aryl methyl sites for hydroxylation is 5. The first-order valence-electron chi connectivity index (χ1n) is 12.1. The van der Waals surface area contributed by atoms with Crippen LogP contribution in [-0.4, -0.2) is 6.54 Å². The molecular weight excluding hydrogens is 486 g/mol. The van der Waals surface area contributed by atoms with Crippen molar-refractivity contribution in [3.8, 4) is 0 Å². The second kappa shape index (κ2) is 12.6. The van der Waals surface area contributed by atoms with E-state index >= 15 is 0 Å². The molecule has 1 N–H and O–H groups in total. The van der Waals surface area contributed by atoms with Gasteiger partial charge in [-0.05, 0) is 113 Å². The van der Waals surface area contributed by atoms with Gasteiger partial charge in [-0.15, -0.1) is 0 Å². The first kappa shape index (κ1) is 25.8. The Balaban J connectivity index is 1.18. The maximum atomic E-state index is 4.39. The van der Waals surface area contributed by atoms with Crippen molar-refractivity contribution in [2.45, 2.75) is 39.5 Å². The Bertz CT molecular complexity index is 1250. The maximum Gasteiger partial charge on any atom is 0.408 e. The molecule has 0 spiro atoms. The number of hydrogen-bond acceptors (Lipinski definition) is 7. The number of benzene rings is 2. The largest absolute Gasteiger partial charge is 0.408 e. The molecule has 0 unspecified atom stereocenters. The number of azo groups is 2. The van der Waals surface area contributed by atoms with E-state index in [1.165, 1.54) is 29.5 Å². The maximum absolute atomic E-state index is 4.39. The van der Waals surface area contributed by atoms with E-state index in [9.17, 15) is 0 Å². The summed E-state index contributed by atoms with van der Waals surface area (Å²) in [6.07, 6.45) is 8.55. The molecule has 9 heteroatoms. The molecule has 186 valence electrons. The van der Waals surface area contributed by atoms with E-state index in [-0.39, 0.29) is 0 Å². The molecule has 0 aliphatic rings. The molecule has 7 nitrogen and oxygen atoms in total. The lowest BCUT2D eigenvalue weighted by Crippen LogP contribution is -2.23. The van der Waals surface area contributed by atoms with Gasteiger partial charge in [0, 0.05) is 23.0 Å². The zero-order chi connectivity index (χ0) is 25.3. The van der Waals surface area contributed by atoms with Crippen molar-refractivity contribution >= 4 is 50.0 Å². The number of thiazole rings is 2. The standard InChI is InChI=1S/C27H32N7S2/c1-20-18-23(29-31-26-33(3)14-16-35-26)10-9-22(20)8-6-5-7-13-28-25-12-11-24(19-21(25)2)30-32-27-34(4)15-17-36-27/h9-12,14-19H,5-8,13H2,1-4H3/q+1/p+1. The van der Waals surface area contributed by atoms with Crippen LogP contribution in [0.15, 0.2) is 80.0 Å². The molecule has 2 heterocycles. The monoisotopic (exact) mass is 519 g/mol. The van der Waals surface area contributed by atoms with Gasteiger partial charge in [-0.2, -0.15) is 0 Å². The molecule has 0 aliphatic carbocycles. The SMILES string of the molecule is Cc1cc(N=Nc2scc[n+]2C)ccc1CCCCCNc1ccc(N=Nc2scc[n+]2C)cc1C. The molecule has 0 radical (unpaired) electrons. The van der Waals surface area contributed by atoms with Crippen LogP contribution in [0.3, 0.4) is 0 Å². The molecular formula is C27H33N7S2+2. The van der Waals surface area contributed by atoms with Crippen LogP contribution in [-0.2, 0) is 20.5 Å². The van der Waals surface area contributed by atoms with E-state index in [0.717, 1.165) is 46.7 Å². The average Bonchev–Trinajstić information content (AvgIpc) is 3.47. The molecule has 0 bridgehead atoms. The number of aromatic nitrogens is 2. The molecule has 2 aromatic heterocycles. The summed E-state index contributed by atoms with van der Waals surface area (Å²) in [7, 11) is 3.95. The average molecular weight is 520 g/mol. The van der Waals surface area contributed by atoms with Crippen molar-refractivity contribution in [1.29, 1.82) is 0 Å². The first-order chi connectivity index (χ1) is 17.5. The van der Waals surface area contributed by atoms with Gasteiger partial charge in [-0.1, -0.05) is 12.5 Å². The number of nitrogens with zero attached hydrogens (tertiary/aromatic N) is 6. The second-order valence-corrected chi connectivity index (χ2v) is 10.6. The Morgan fingerprint density at radius 2 is 1.33 bits per heavy atom. The van der Waals surface area contributed by atoms with Crippen LogP contribution in [0.25, 0.3) is 0 Å². The van der Waals surface area contributed by atoms with Crippen molar-refractivity contribution in [2.75, 3.05) is 11.9 Å². The highest BCUT2D eigenvalue weighted by atomic mass is 32.1. The van der Waals surface area contributed by atoms with E-state index in [0.29, 0.717) is 0 Å². The molecule has 36 heavy (non-hydrogen) atoms. The predicted octanol–water partition coefficient (Wildman–Crippen LogP) is 7.73. The third kappa shape index (κ3) is 7.11. The van der Waals surface area contributed by atoms with Gasteiger partial charge in [0.25, 0.3) is 0 Å². The van der Waals surface area contributed by atoms with Crippen molar-refractivity contribution in [1.82, 2.24) is 0 Å². The van der Waals surface area contributed by atoms with Crippen LogP contribution in [0, 0.1) is 13.8 Å². The molecule has 0 saturated heterocycles. The second-order valence-electron chi connectivity index (χ2n) is 8.84. The van der Waals surface area contributed by atoms with E-state index in [4.69, 9.17) is 0 Å². The summed E-state index contributed by atoms with van der Waals surface area (Å²) in [4.78, 5) is 0. The number of unbranched alkanes of at least 4 members (excludes halogenated alkanes) is 2. The molecule has 0 amide bonds. The zero-order valence-electron chi connectivity index (χ0n) is 21.3. The molecule has 0 atom stereocenters. The van der Waals surface area contributed by atoms with Gasteiger partial charge in [0.15, 0.2) is 0 Å². The Morgan fingerprint density at radius 3 is 1.89 bits per heavy atom. The number of anilines is 1. The van der Waals surface area contributed by atoms with Gasteiger partial charge in [0.1, 0.15) is 23.8 Å². The zero-order valence-corrected chi connectivity index (χ0v) is 22.9. The smallest absolute Gasteiger partial charge is 0.385 e. The van der Waals surface area contributed by atoms with Crippen LogP contribution >= 0.6 is 22.7 Å². The highest BCUT2D eigenvalue weighted by Gasteiger charge is 2.09. The van der Waals surface area contributed by atoms with Crippen molar-refractivity contribution in [3.05, 3.63) is 76.2 Å². The minimum atomic E-state index is 0.870. The van der Waals surface area contributed by atoms with Crippen LogP contribution < -0.4 is 14.5 Å². The summed E-state index contributed by atoms with van der Waals surface area (Å²) in [6.45, 7) is 5.23. The fraction of sp³-hybridized carbons (Fsp3) is 0.333. The molecule has 0 saturated carbocycles. The molecule has 4 aromatic rings. The predicted molar refractivity (Wildman–Crippen MR) is 148 cm³/mol. The third-order valence-corrected chi connectivity index (χ3v) is 7.67. The normalized spacial score (nSPS) is 11.7. The highest BCUT2D eigenvalue weighted by Crippen LogP contribution is 2.25. The van der Waals surface area contributed by atoms with Gasteiger partial charge >= 0.3 is 10.3 Å². The fourth-order valence-electron chi connectivity index (χ4n) is 3.82. The Kier molecular flexibility index (Phi) is 9.02. The molecule has 2 aromatic carbocycles. The summed E-state index contributed by atoms with van der Waals surface area (Å²) >= 11 is 3.16. The Labute approximate surface area is 220 Å². The lowest BCUT2D eigenvalue weighted by Gasteiger charge is -2.10. The number of nitrogens with one attached hydrogen (secondary N) is 1. The lowest BCUT2D eigenvalue weighted by atomic mass is 10.0. The minimum Gasteiger partial charge on any atom is -0.385 e. The molecule has 4 rings (SSSR count). The van der Waals surface area contributed by atoms with Gasteiger partial charge in [0.05, 0.1) is 24.3 Å². The van der Waals surface area contributed by atoms with Gasteiger partial charge in [-0.3, -0.25) is 0 Å². The van der Waals surface area contributed by atoms with E-state index < -0.39 is 0 Å². The first-order valence-corrected chi connectivity index (χ1v) is 13.9. The van der Waals surface area contributed by atoms with Crippen LogP contribution in [0.5, 0.6) is 0 Å². The van der Waals surface area contributed by atoms with Gasteiger partial charge in [-0.25, -0.2) is 9.13 Å². The summed E-state index contributed by atoms with van der Waals surface area (Å²) in [6, 6.07) is 12.6. The lowest BCUT2D eigenvalue weighted by molar-refractivity contribution is -0.654. The summed E-state index contributed by atoms with van der Waals surface area (Å²) in [5, 5.41) is 26.8. The van der Waals surface area contributed by atoms with Gasteiger partial charge in [0.2, 0.25) is 0 Å². The van der Waals surface area contributed by atoms with Gasteiger partial charge < -0.3 is 5.32 Å². The van der Waals surface area contributed by atoms with Crippen LogP contribution in [0.4, 0.5) is 27.3 Å². The van der Waals surface area contributed by atoms with E-state index in [1.807, 2.05) is 52.4 Å². The van der Waals surface area contributed by atoms with Crippen LogP contribution in [0.1, 0.15) is 36.0 Å². The highest BCUT2D eigenvalue weighted by molar-refractivity contribution is 7.13. The summed E-state index contributed by atoms with van der Waals surface area (Å²) < 4.78 is 3.94. The number of hydrogen-bond donors (Lipinski definition) is 1. The van der Waals surface area contributed by atoms with Crippen molar-refractivity contribution in [2.24, 2.45) is 34.6 Å². The minimum absolute atomic E-state index is 0.870. The van der Waals surface area contributed by atoms with E-state index in [1.54, 1.807) is 22.7 Å². The quantitative estimate of drug-likeness (QED) is 0.123. The fourth-order valence-corrected chi connectivity index (χ4v) is 5.18. The van der Waals surface area contributed by atoms with Crippen molar-refractivity contribution in [3.63, 3.8) is 0 Å². The molecule has 0 fully saturated rings. The van der Waals surface area contributed by atoms with Crippen LogP contribution in [0.2, 0.25) is 0 Å². The van der Waals surface area contributed by atoms with Crippen molar-refractivity contribution < 1.29 is 9.13 Å². The Morgan fingerprint density at radius 1 is 0.722 bits per heavy atom. The van der Waals surface area contributed by atoms with E-state index in [2.05, 4.69) is 70.0 Å². The summed E-state index contributed by atoms with van der Waals surface area (Å²) in [5.41, 5.74) is 6.78. The number of rotatable bonds is 11.